The van der Waals surface area contributed by atoms with Crippen LogP contribution in [0.15, 0.2) is 73.0 Å². The molecule has 0 saturated heterocycles. The van der Waals surface area contributed by atoms with Crippen LogP contribution in [0.1, 0.15) is 28.5 Å². The van der Waals surface area contributed by atoms with Gasteiger partial charge < -0.3 is 4.90 Å². The van der Waals surface area contributed by atoms with E-state index in [0.29, 0.717) is 17.8 Å². The zero-order valence-corrected chi connectivity index (χ0v) is 13.9. The maximum absolute atomic E-state index is 13.9. The van der Waals surface area contributed by atoms with Crippen LogP contribution in [-0.2, 0) is 6.54 Å². The highest BCUT2D eigenvalue weighted by molar-refractivity contribution is 5.96. The molecule has 0 unspecified atom stereocenters. The minimum atomic E-state index is -0.546. The van der Waals surface area contributed by atoms with Crippen LogP contribution in [0.4, 0.5) is 4.39 Å². The predicted octanol–water partition coefficient (Wildman–Crippen LogP) is 3.95. The molecule has 0 saturated carbocycles. The molecule has 1 aliphatic heterocycles. The van der Waals surface area contributed by atoms with Crippen molar-refractivity contribution in [3.8, 4) is 0 Å². The number of allylic oxidation sites excluding steroid dienone is 3. The van der Waals surface area contributed by atoms with E-state index in [4.69, 9.17) is 0 Å². The van der Waals surface area contributed by atoms with Gasteiger partial charge >= 0.3 is 0 Å². The summed E-state index contributed by atoms with van der Waals surface area (Å²) in [6.45, 7) is 5.92. The lowest BCUT2D eigenvalue weighted by Crippen LogP contribution is -2.26. The van der Waals surface area contributed by atoms with Crippen LogP contribution >= 0.6 is 0 Å². The van der Waals surface area contributed by atoms with Gasteiger partial charge in [0.15, 0.2) is 0 Å². The van der Waals surface area contributed by atoms with Crippen LogP contribution < -0.4 is 0 Å². The number of carbonyl (C=O) groups is 1. The van der Waals surface area contributed by atoms with Crippen LogP contribution in [0.5, 0.6) is 0 Å². The quantitative estimate of drug-likeness (QED) is 0.777. The molecule has 0 aromatic carbocycles. The molecule has 25 heavy (non-hydrogen) atoms. The summed E-state index contributed by atoms with van der Waals surface area (Å²) < 4.78 is 13.9. The molecule has 3 heterocycles. The third-order valence-corrected chi connectivity index (χ3v) is 4.12. The Bertz CT molecular complexity index is 872. The largest absolute Gasteiger partial charge is 0.328 e. The van der Waals surface area contributed by atoms with E-state index in [0.717, 1.165) is 16.7 Å². The van der Waals surface area contributed by atoms with E-state index >= 15 is 0 Å². The fourth-order valence-electron chi connectivity index (χ4n) is 2.68. The summed E-state index contributed by atoms with van der Waals surface area (Å²) in [6, 6.07) is 7.43. The normalized spacial score (nSPS) is 14.6. The second kappa shape index (κ2) is 7.21. The highest BCUT2D eigenvalue weighted by Gasteiger charge is 2.29. The Morgan fingerprint density at radius 3 is 2.72 bits per heavy atom. The van der Waals surface area contributed by atoms with Gasteiger partial charge in [0.05, 0.1) is 0 Å². The smallest absolute Gasteiger partial charge is 0.273 e. The molecule has 1 aliphatic rings. The molecule has 2 aromatic heterocycles. The number of hydrogen-bond donors (Lipinski definition) is 0. The standard InChI is InChI=1S/C20H18FN3O/c1-14(16-7-10-22-11-8-16)5-6-17(15(2)21)12-24-13-18-4-3-9-23-19(18)20(24)25/h3-11H,2,12-13H2,1H3/b14-5+,17-6-. The van der Waals surface area contributed by atoms with Crippen molar-refractivity contribution in [2.75, 3.05) is 6.54 Å². The maximum atomic E-state index is 13.9. The second-order valence-corrected chi connectivity index (χ2v) is 5.85. The van der Waals surface area contributed by atoms with Crippen molar-refractivity contribution in [3.63, 3.8) is 0 Å². The van der Waals surface area contributed by atoms with E-state index in [1.165, 1.54) is 0 Å². The third-order valence-electron chi connectivity index (χ3n) is 4.12. The van der Waals surface area contributed by atoms with Crippen LogP contribution in [0, 0.1) is 0 Å². The molecular formula is C20H18FN3O. The molecule has 4 nitrogen and oxygen atoms in total. The van der Waals surface area contributed by atoms with Crippen molar-refractivity contribution >= 4 is 11.5 Å². The van der Waals surface area contributed by atoms with Gasteiger partial charge in [-0.25, -0.2) is 4.39 Å². The molecule has 0 radical (unpaired) electrons. The molecule has 5 heteroatoms. The first kappa shape index (κ1) is 16.8. The first-order chi connectivity index (χ1) is 12.1. The minimum Gasteiger partial charge on any atom is -0.328 e. The van der Waals surface area contributed by atoms with Gasteiger partial charge in [-0.1, -0.05) is 24.8 Å². The molecule has 2 aromatic rings. The molecule has 0 N–H and O–H groups in total. The number of amides is 1. The molecule has 0 atom stereocenters. The Morgan fingerprint density at radius 2 is 2.04 bits per heavy atom. The highest BCUT2D eigenvalue weighted by atomic mass is 19.1. The number of hydrogen-bond acceptors (Lipinski definition) is 3. The summed E-state index contributed by atoms with van der Waals surface area (Å²) in [5, 5.41) is 0. The Morgan fingerprint density at radius 1 is 1.28 bits per heavy atom. The van der Waals surface area contributed by atoms with Crippen LogP contribution in [0.2, 0.25) is 0 Å². The number of carbonyl (C=O) groups excluding carboxylic acids is 1. The van der Waals surface area contributed by atoms with Gasteiger partial charge in [0.25, 0.3) is 5.91 Å². The molecule has 1 amide bonds. The lowest BCUT2D eigenvalue weighted by Gasteiger charge is -2.16. The molecule has 0 spiro atoms. The maximum Gasteiger partial charge on any atom is 0.273 e. The Labute approximate surface area is 146 Å². The van der Waals surface area contributed by atoms with Crippen LogP contribution in [0.3, 0.4) is 0 Å². The van der Waals surface area contributed by atoms with E-state index in [1.54, 1.807) is 35.6 Å². The first-order valence-corrected chi connectivity index (χ1v) is 7.92. The molecular weight excluding hydrogens is 317 g/mol. The highest BCUT2D eigenvalue weighted by Crippen LogP contribution is 2.23. The monoisotopic (exact) mass is 335 g/mol. The number of pyridine rings is 2. The minimum absolute atomic E-state index is 0.157. The summed E-state index contributed by atoms with van der Waals surface area (Å²) in [7, 11) is 0. The lowest BCUT2D eigenvalue weighted by atomic mass is 10.1. The van der Waals surface area contributed by atoms with Crippen molar-refractivity contribution in [2.24, 2.45) is 0 Å². The van der Waals surface area contributed by atoms with Gasteiger partial charge in [0.1, 0.15) is 11.5 Å². The second-order valence-electron chi connectivity index (χ2n) is 5.85. The summed E-state index contributed by atoms with van der Waals surface area (Å²) in [4.78, 5) is 22.0. The van der Waals surface area contributed by atoms with Gasteiger partial charge in [-0.15, -0.1) is 0 Å². The first-order valence-electron chi connectivity index (χ1n) is 7.92. The fraction of sp³-hybridized carbons (Fsp3) is 0.150. The van der Waals surface area contributed by atoms with Crippen molar-refractivity contribution in [1.82, 2.24) is 14.9 Å². The number of rotatable bonds is 5. The van der Waals surface area contributed by atoms with Crippen LogP contribution in [-0.4, -0.2) is 27.3 Å². The Hall–Kier alpha value is -3.08. The van der Waals surface area contributed by atoms with Crippen molar-refractivity contribution in [2.45, 2.75) is 13.5 Å². The SMILES string of the molecule is C=C(F)/C(=C\C=C(/C)c1ccncc1)CN1Cc2cccnc2C1=O. The van der Waals surface area contributed by atoms with Crippen LogP contribution in [0.25, 0.3) is 5.57 Å². The number of fused-ring (bicyclic) bond motifs is 1. The fourth-order valence-corrected chi connectivity index (χ4v) is 2.68. The number of aromatic nitrogens is 2. The lowest BCUT2D eigenvalue weighted by molar-refractivity contribution is 0.0788. The van der Waals surface area contributed by atoms with Gasteiger partial charge in [0, 0.05) is 42.8 Å². The zero-order chi connectivity index (χ0) is 17.8. The van der Waals surface area contributed by atoms with Gasteiger partial charge in [-0.2, -0.15) is 0 Å². The van der Waals surface area contributed by atoms with E-state index in [-0.39, 0.29) is 12.5 Å². The van der Waals surface area contributed by atoms with E-state index in [2.05, 4.69) is 16.5 Å². The molecule has 0 fully saturated rings. The number of halogens is 1. The van der Waals surface area contributed by atoms with E-state index < -0.39 is 5.83 Å². The third kappa shape index (κ3) is 3.71. The molecule has 3 rings (SSSR count). The van der Waals surface area contributed by atoms with E-state index in [1.807, 2.05) is 31.2 Å². The van der Waals surface area contributed by atoms with Gasteiger partial charge in [-0.05, 0) is 36.3 Å². The van der Waals surface area contributed by atoms with Crippen molar-refractivity contribution in [3.05, 3.63) is 89.8 Å². The Kier molecular flexibility index (Phi) is 4.84. The summed E-state index contributed by atoms with van der Waals surface area (Å²) in [5.41, 5.74) is 3.65. The molecule has 126 valence electrons. The summed E-state index contributed by atoms with van der Waals surface area (Å²) in [5.74, 6) is -0.729. The van der Waals surface area contributed by atoms with Gasteiger partial charge in [-0.3, -0.25) is 14.8 Å². The van der Waals surface area contributed by atoms with Gasteiger partial charge in [0.2, 0.25) is 0 Å². The summed E-state index contributed by atoms with van der Waals surface area (Å²) in [6.07, 6.45) is 8.49. The molecule has 0 aliphatic carbocycles. The van der Waals surface area contributed by atoms with Crippen molar-refractivity contribution in [1.29, 1.82) is 0 Å². The average Bonchev–Trinajstić information content (AvgIpc) is 2.95. The number of nitrogens with zero attached hydrogens (tertiary/aromatic N) is 3. The Balaban J connectivity index is 1.79. The van der Waals surface area contributed by atoms with Crippen molar-refractivity contribution < 1.29 is 9.18 Å². The van der Waals surface area contributed by atoms with E-state index in [9.17, 15) is 9.18 Å². The predicted molar refractivity (Wildman–Crippen MR) is 95.2 cm³/mol. The topological polar surface area (TPSA) is 46.1 Å². The zero-order valence-electron chi connectivity index (χ0n) is 13.9. The summed E-state index contributed by atoms with van der Waals surface area (Å²) >= 11 is 0. The molecule has 0 bridgehead atoms. The average molecular weight is 335 g/mol.